The van der Waals surface area contributed by atoms with Gasteiger partial charge in [-0.15, -0.1) is 11.3 Å². The van der Waals surface area contributed by atoms with E-state index in [1.165, 1.54) is 5.00 Å². The Balaban J connectivity index is 1.35. The van der Waals surface area contributed by atoms with Gasteiger partial charge < -0.3 is 15.5 Å². The predicted molar refractivity (Wildman–Crippen MR) is 109 cm³/mol. The zero-order valence-electron chi connectivity index (χ0n) is 15.4. The van der Waals surface area contributed by atoms with Crippen LogP contribution >= 0.6 is 11.3 Å². The highest BCUT2D eigenvalue weighted by Gasteiger charge is 2.22. The van der Waals surface area contributed by atoms with Gasteiger partial charge in [-0.1, -0.05) is 0 Å². The SMILES string of the molecule is CN=C(NCCN1CCS(=O)(=O)CC1)NC1CCN(c2cccs2)CC1. The Hall–Kier alpha value is -1.32. The minimum absolute atomic E-state index is 0.281. The second kappa shape index (κ2) is 9.05. The molecule has 9 heteroatoms. The average molecular weight is 400 g/mol. The van der Waals surface area contributed by atoms with E-state index in [1.54, 1.807) is 18.4 Å². The highest BCUT2D eigenvalue weighted by atomic mass is 32.2. The third-order valence-electron chi connectivity index (χ3n) is 5.03. The monoisotopic (exact) mass is 399 g/mol. The quantitative estimate of drug-likeness (QED) is 0.558. The van der Waals surface area contributed by atoms with E-state index < -0.39 is 9.84 Å². The lowest BCUT2D eigenvalue weighted by Crippen LogP contribution is -2.50. The molecule has 0 amide bonds. The molecule has 1 aromatic rings. The lowest BCUT2D eigenvalue weighted by molar-refractivity contribution is 0.299. The molecule has 2 aliphatic heterocycles. The fourth-order valence-corrected chi connectivity index (χ4v) is 5.45. The van der Waals surface area contributed by atoms with Gasteiger partial charge in [-0.3, -0.25) is 9.89 Å². The Morgan fingerprint density at radius 2 is 2.00 bits per heavy atom. The Morgan fingerprint density at radius 3 is 2.62 bits per heavy atom. The molecular weight excluding hydrogens is 370 g/mol. The molecule has 2 saturated heterocycles. The minimum atomic E-state index is -2.80. The number of nitrogens with zero attached hydrogens (tertiary/aromatic N) is 3. The number of nitrogens with one attached hydrogen (secondary N) is 2. The van der Waals surface area contributed by atoms with Crippen molar-refractivity contribution in [2.45, 2.75) is 18.9 Å². The molecule has 0 spiro atoms. The van der Waals surface area contributed by atoms with E-state index in [-0.39, 0.29) is 11.5 Å². The summed E-state index contributed by atoms with van der Waals surface area (Å²) in [4.78, 5) is 8.97. The molecule has 0 aromatic carbocycles. The first-order valence-electron chi connectivity index (χ1n) is 9.24. The van der Waals surface area contributed by atoms with Gasteiger partial charge in [-0.05, 0) is 30.4 Å². The van der Waals surface area contributed by atoms with Crippen LogP contribution in [-0.2, 0) is 9.84 Å². The van der Waals surface area contributed by atoms with E-state index in [0.29, 0.717) is 19.1 Å². The second-order valence-electron chi connectivity index (χ2n) is 6.85. The van der Waals surface area contributed by atoms with Gasteiger partial charge in [-0.25, -0.2) is 8.42 Å². The first-order valence-corrected chi connectivity index (χ1v) is 11.9. The Kier molecular flexibility index (Phi) is 6.77. The maximum atomic E-state index is 11.5. The summed E-state index contributed by atoms with van der Waals surface area (Å²) >= 11 is 1.80. The number of piperidine rings is 1. The molecule has 1 aromatic heterocycles. The number of anilines is 1. The van der Waals surface area contributed by atoms with Crippen molar-refractivity contribution >= 4 is 32.1 Å². The minimum Gasteiger partial charge on any atom is -0.363 e. The van der Waals surface area contributed by atoms with Crippen molar-refractivity contribution < 1.29 is 8.42 Å². The van der Waals surface area contributed by atoms with Crippen LogP contribution in [0, 0.1) is 0 Å². The molecule has 3 heterocycles. The number of sulfone groups is 1. The number of thiophene rings is 1. The second-order valence-corrected chi connectivity index (χ2v) is 10.1. The molecule has 0 bridgehead atoms. The van der Waals surface area contributed by atoms with Crippen LogP contribution in [0.25, 0.3) is 0 Å². The van der Waals surface area contributed by atoms with Gasteiger partial charge in [0, 0.05) is 52.4 Å². The molecule has 0 saturated carbocycles. The molecule has 2 aliphatic rings. The van der Waals surface area contributed by atoms with E-state index >= 15 is 0 Å². The normalized spacial score (nSPS) is 22.3. The average Bonchev–Trinajstić information content (AvgIpc) is 3.17. The van der Waals surface area contributed by atoms with E-state index in [1.807, 2.05) is 0 Å². The predicted octanol–water partition coefficient (Wildman–Crippen LogP) is 0.612. The van der Waals surface area contributed by atoms with E-state index in [9.17, 15) is 8.42 Å². The summed E-state index contributed by atoms with van der Waals surface area (Å²) < 4.78 is 22.9. The Labute approximate surface area is 160 Å². The largest absolute Gasteiger partial charge is 0.363 e. The highest BCUT2D eigenvalue weighted by molar-refractivity contribution is 7.91. The maximum Gasteiger partial charge on any atom is 0.191 e. The van der Waals surface area contributed by atoms with E-state index in [4.69, 9.17) is 0 Å². The van der Waals surface area contributed by atoms with E-state index in [0.717, 1.165) is 45.0 Å². The van der Waals surface area contributed by atoms with Crippen molar-refractivity contribution in [3.05, 3.63) is 17.5 Å². The molecule has 3 rings (SSSR count). The third-order valence-corrected chi connectivity index (χ3v) is 7.57. The van der Waals surface area contributed by atoms with Crippen molar-refractivity contribution in [2.75, 3.05) is 62.7 Å². The molecule has 2 fully saturated rings. The zero-order valence-corrected chi connectivity index (χ0v) is 17.0. The summed E-state index contributed by atoms with van der Waals surface area (Å²) in [5.74, 6) is 1.40. The molecular formula is C17H29N5O2S2. The molecule has 0 atom stereocenters. The van der Waals surface area contributed by atoms with Gasteiger partial charge in [0.05, 0.1) is 16.5 Å². The fraction of sp³-hybridized carbons (Fsp3) is 0.706. The van der Waals surface area contributed by atoms with E-state index in [2.05, 4.69) is 42.9 Å². The van der Waals surface area contributed by atoms with Crippen LogP contribution in [0.4, 0.5) is 5.00 Å². The summed E-state index contributed by atoms with van der Waals surface area (Å²) in [5, 5.41) is 10.4. The molecule has 2 N–H and O–H groups in total. The zero-order chi connectivity index (χ0) is 18.4. The first kappa shape index (κ1) is 19.4. The summed E-state index contributed by atoms with van der Waals surface area (Å²) in [6.45, 7) is 5.02. The number of guanidine groups is 1. The molecule has 0 radical (unpaired) electrons. The molecule has 26 heavy (non-hydrogen) atoms. The van der Waals surface area contributed by atoms with Crippen LogP contribution in [0.5, 0.6) is 0 Å². The number of hydrogen-bond donors (Lipinski definition) is 2. The van der Waals surface area contributed by atoms with Crippen molar-refractivity contribution in [1.29, 1.82) is 0 Å². The summed E-state index contributed by atoms with van der Waals surface area (Å²) in [6, 6.07) is 4.73. The lowest BCUT2D eigenvalue weighted by Gasteiger charge is -2.33. The lowest BCUT2D eigenvalue weighted by atomic mass is 10.1. The summed E-state index contributed by atoms with van der Waals surface area (Å²) in [5.41, 5.74) is 0. The van der Waals surface area contributed by atoms with Crippen molar-refractivity contribution in [3.63, 3.8) is 0 Å². The van der Waals surface area contributed by atoms with Crippen LogP contribution in [0.2, 0.25) is 0 Å². The Morgan fingerprint density at radius 1 is 1.27 bits per heavy atom. The summed E-state index contributed by atoms with van der Waals surface area (Å²) in [6.07, 6.45) is 2.20. The van der Waals surface area contributed by atoms with Crippen molar-refractivity contribution in [2.24, 2.45) is 4.99 Å². The molecule has 7 nitrogen and oxygen atoms in total. The smallest absolute Gasteiger partial charge is 0.191 e. The van der Waals surface area contributed by atoms with Crippen LogP contribution in [0.1, 0.15) is 12.8 Å². The highest BCUT2D eigenvalue weighted by Crippen LogP contribution is 2.24. The number of rotatable bonds is 5. The Bertz CT molecular complexity index is 668. The van der Waals surface area contributed by atoms with Gasteiger partial charge in [0.15, 0.2) is 15.8 Å². The molecule has 0 aliphatic carbocycles. The number of aliphatic imine (C=N–C) groups is 1. The maximum absolute atomic E-state index is 11.5. The van der Waals surface area contributed by atoms with Crippen LogP contribution in [0.3, 0.4) is 0 Å². The van der Waals surface area contributed by atoms with Crippen LogP contribution < -0.4 is 15.5 Å². The van der Waals surface area contributed by atoms with Crippen LogP contribution in [-0.4, -0.2) is 83.1 Å². The van der Waals surface area contributed by atoms with Gasteiger partial charge in [0.25, 0.3) is 0 Å². The van der Waals surface area contributed by atoms with Crippen molar-refractivity contribution in [3.8, 4) is 0 Å². The van der Waals surface area contributed by atoms with Crippen LogP contribution in [0.15, 0.2) is 22.5 Å². The fourth-order valence-electron chi connectivity index (χ4n) is 3.39. The molecule has 146 valence electrons. The standard InChI is InChI=1S/C17H29N5O2S2/c1-18-17(19-6-9-21-10-13-26(23,24)14-11-21)20-15-4-7-22(8-5-15)16-3-2-12-25-16/h2-3,12,15H,4-11,13-14H2,1H3,(H2,18,19,20). The topological polar surface area (TPSA) is 77.0 Å². The molecule has 0 unspecified atom stereocenters. The number of hydrogen-bond acceptors (Lipinski definition) is 6. The summed E-state index contributed by atoms with van der Waals surface area (Å²) in [7, 11) is -1.01. The third kappa shape index (κ3) is 5.59. The van der Waals surface area contributed by atoms with Crippen molar-refractivity contribution in [1.82, 2.24) is 15.5 Å². The van der Waals surface area contributed by atoms with Gasteiger partial charge in [-0.2, -0.15) is 0 Å². The van der Waals surface area contributed by atoms with Gasteiger partial charge in [0.2, 0.25) is 0 Å². The first-order chi connectivity index (χ1) is 12.6. The van der Waals surface area contributed by atoms with Gasteiger partial charge >= 0.3 is 0 Å². The van der Waals surface area contributed by atoms with Gasteiger partial charge in [0.1, 0.15) is 0 Å².